The number of halogens is 2. The average molecular weight is 417 g/mol. The maximum absolute atomic E-state index is 13.0. The number of amides is 1. The normalized spacial score (nSPS) is 13.3. The van der Waals surface area contributed by atoms with Crippen molar-refractivity contribution in [3.05, 3.63) is 79.4 Å². The number of fused-ring (bicyclic) bond motifs is 1. The quantitative estimate of drug-likeness (QED) is 0.502. The predicted molar refractivity (Wildman–Crippen MR) is 106 cm³/mol. The first-order valence-electron chi connectivity index (χ1n) is 8.49. The van der Waals surface area contributed by atoms with E-state index in [1.54, 1.807) is 17.0 Å². The number of H-pyrrole nitrogens is 1. The molecule has 28 heavy (non-hydrogen) atoms. The number of nitro benzene ring substituents is 1. The maximum Gasteiger partial charge on any atom is 0.270 e. The molecule has 0 radical (unpaired) electrons. The summed E-state index contributed by atoms with van der Waals surface area (Å²) in [7, 11) is 0. The van der Waals surface area contributed by atoms with Crippen LogP contribution in [0.3, 0.4) is 0 Å². The van der Waals surface area contributed by atoms with Gasteiger partial charge >= 0.3 is 0 Å². The van der Waals surface area contributed by atoms with E-state index in [-0.39, 0.29) is 22.2 Å². The van der Waals surface area contributed by atoms with Crippen LogP contribution in [0, 0.1) is 10.1 Å². The molecule has 0 unspecified atom stereocenters. The van der Waals surface area contributed by atoms with Gasteiger partial charge < -0.3 is 4.90 Å². The summed E-state index contributed by atoms with van der Waals surface area (Å²) in [5.41, 5.74) is 3.49. The highest BCUT2D eigenvalue weighted by atomic mass is 35.5. The molecular weight excluding hydrogens is 403 g/mol. The van der Waals surface area contributed by atoms with Crippen molar-refractivity contribution < 1.29 is 9.72 Å². The number of non-ortho nitro benzene ring substituents is 1. The molecule has 3 aromatic rings. The van der Waals surface area contributed by atoms with E-state index in [1.165, 1.54) is 18.2 Å². The lowest BCUT2D eigenvalue weighted by atomic mass is 10.0. The standard InChI is InChI=1S/C19H14Cl2N4O3/c20-12-3-1-11(2-4-12)18-15-10-24(8-7-17(15)22-23-18)19(26)14-9-13(25(27)28)5-6-16(14)21/h1-6,9H,7-8,10H2,(H,22,23). The number of nitrogens with one attached hydrogen (secondary N) is 1. The highest BCUT2D eigenvalue weighted by Gasteiger charge is 2.28. The minimum Gasteiger partial charge on any atom is -0.334 e. The van der Waals surface area contributed by atoms with Crippen molar-refractivity contribution in [2.75, 3.05) is 6.54 Å². The molecule has 0 atom stereocenters. The third-order valence-electron chi connectivity index (χ3n) is 4.73. The fourth-order valence-corrected chi connectivity index (χ4v) is 3.60. The SMILES string of the molecule is O=C(c1cc([N+](=O)[O-])ccc1Cl)N1CCc2[nH]nc(-c3ccc(Cl)cc3)c2C1. The lowest BCUT2D eigenvalue weighted by Gasteiger charge is -2.27. The zero-order chi connectivity index (χ0) is 19.8. The summed E-state index contributed by atoms with van der Waals surface area (Å²) in [4.78, 5) is 25.1. The molecule has 1 aliphatic rings. The van der Waals surface area contributed by atoms with E-state index in [2.05, 4.69) is 10.2 Å². The van der Waals surface area contributed by atoms with Crippen LogP contribution in [-0.2, 0) is 13.0 Å². The third kappa shape index (κ3) is 3.34. The van der Waals surface area contributed by atoms with E-state index in [9.17, 15) is 14.9 Å². The number of carbonyl (C=O) groups excluding carboxylic acids is 1. The summed E-state index contributed by atoms with van der Waals surface area (Å²) < 4.78 is 0. The number of nitro groups is 1. The van der Waals surface area contributed by atoms with Crippen LogP contribution < -0.4 is 0 Å². The third-order valence-corrected chi connectivity index (χ3v) is 5.31. The van der Waals surface area contributed by atoms with Crippen molar-refractivity contribution in [1.82, 2.24) is 15.1 Å². The lowest BCUT2D eigenvalue weighted by molar-refractivity contribution is -0.384. The van der Waals surface area contributed by atoms with Gasteiger partial charge in [-0.05, 0) is 18.2 Å². The largest absolute Gasteiger partial charge is 0.334 e. The van der Waals surface area contributed by atoms with Crippen molar-refractivity contribution in [3.8, 4) is 11.3 Å². The molecule has 0 aliphatic carbocycles. The zero-order valence-corrected chi connectivity index (χ0v) is 16.0. The number of nitrogens with zero attached hydrogens (tertiary/aromatic N) is 3. The van der Waals surface area contributed by atoms with Gasteiger partial charge in [-0.2, -0.15) is 5.10 Å². The maximum atomic E-state index is 13.0. The molecule has 1 amide bonds. The molecule has 0 saturated carbocycles. The summed E-state index contributed by atoms with van der Waals surface area (Å²) in [6, 6.07) is 11.2. The van der Waals surface area contributed by atoms with Gasteiger partial charge in [0.05, 0.1) is 21.2 Å². The summed E-state index contributed by atoms with van der Waals surface area (Å²) in [5.74, 6) is -0.345. The van der Waals surface area contributed by atoms with Gasteiger partial charge in [0.25, 0.3) is 11.6 Å². The molecule has 1 N–H and O–H groups in total. The Morgan fingerprint density at radius 2 is 1.93 bits per heavy atom. The molecule has 0 bridgehead atoms. The van der Waals surface area contributed by atoms with Gasteiger partial charge in [0.15, 0.2) is 0 Å². The Hall–Kier alpha value is -2.90. The molecule has 2 heterocycles. The van der Waals surface area contributed by atoms with Gasteiger partial charge in [0, 0.05) is 53.5 Å². The minimum absolute atomic E-state index is 0.121. The summed E-state index contributed by atoms with van der Waals surface area (Å²) in [5, 5.41) is 19.3. The Bertz CT molecular complexity index is 1080. The summed E-state index contributed by atoms with van der Waals surface area (Å²) in [6.45, 7) is 0.800. The number of rotatable bonds is 3. The van der Waals surface area contributed by atoms with Crippen molar-refractivity contribution in [2.24, 2.45) is 0 Å². The Morgan fingerprint density at radius 1 is 1.18 bits per heavy atom. The van der Waals surface area contributed by atoms with E-state index in [1.807, 2.05) is 12.1 Å². The number of benzene rings is 2. The molecule has 4 rings (SSSR count). The highest BCUT2D eigenvalue weighted by molar-refractivity contribution is 6.34. The number of aromatic amines is 1. The van der Waals surface area contributed by atoms with Crippen LogP contribution in [0.15, 0.2) is 42.5 Å². The Balaban J connectivity index is 1.65. The molecule has 1 aromatic heterocycles. The lowest BCUT2D eigenvalue weighted by Crippen LogP contribution is -2.36. The average Bonchev–Trinajstić information content (AvgIpc) is 3.11. The second-order valence-electron chi connectivity index (χ2n) is 6.43. The van der Waals surface area contributed by atoms with Crippen LogP contribution in [0.25, 0.3) is 11.3 Å². The topological polar surface area (TPSA) is 92.1 Å². The van der Waals surface area contributed by atoms with Crippen molar-refractivity contribution in [2.45, 2.75) is 13.0 Å². The fraction of sp³-hybridized carbons (Fsp3) is 0.158. The van der Waals surface area contributed by atoms with E-state index in [4.69, 9.17) is 23.2 Å². The highest BCUT2D eigenvalue weighted by Crippen LogP contribution is 2.31. The fourth-order valence-electron chi connectivity index (χ4n) is 3.28. The van der Waals surface area contributed by atoms with E-state index >= 15 is 0 Å². The van der Waals surface area contributed by atoms with Crippen molar-refractivity contribution in [1.29, 1.82) is 0 Å². The monoisotopic (exact) mass is 416 g/mol. The minimum atomic E-state index is -0.546. The first kappa shape index (κ1) is 18.5. The second kappa shape index (κ2) is 7.26. The van der Waals surface area contributed by atoms with Crippen molar-refractivity contribution in [3.63, 3.8) is 0 Å². The van der Waals surface area contributed by atoms with Crippen LogP contribution in [0.1, 0.15) is 21.6 Å². The van der Waals surface area contributed by atoms with Gasteiger partial charge in [0.2, 0.25) is 0 Å². The number of carbonyl (C=O) groups is 1. The number of hydrogen-bond donors (Lipinski definition) is 1. The predicted octanol–water partition coefficient (Wildman–Crippen LogP) is 4.49. The van der Waals surface area contributed by atoms with Crippen LogP contribution in [0.4, 0.5) is 5.69 Å². The summed E-state index contributed by atoms with van der Waals surface area (Å²) >= 11 is 12.1. The molecule has 142 valence electrons. The Labute approximate surface area is 170 Å². The van der Waals surface area contributed by atoms with E-state index in [0.717, 1.165) is 22.5 Å². The number of hydrogen-bond acceptors (Lipinski definition) is 4. The second-order valence-corrected chi connectivity index (χ2v) is 7.28. The molecule has 0 fully saturated rings. The van der Waals surface area contributed by atoms with Crippen molar-refractivity contribution >= 4 is 34.8 Å². The first-order chi connectivity index (χ1) is 13.4. The van der Waals surface area contributed by atoms with Gasteiger partial charge in [-0.25, -0.2) is 0 Å². The van der Waals surface area contributed by atoms with Gasteiger partial charge in [-0.3, -0.25) is 20.0 Å². The molecule has 2 aromatic carbocycles. The van der Waals surface area contributed by atoms with Crippen LogP contribution in [-0.4, -0.2) is 32.5 Å². The molecule has 0 spiro atoms. The van der Waals surface area contributed by atoms with Gasteiger partial charge in [-0.15, -0.1) is 0 Å². The molecule has 7 nitrogen and oxygen atoms in total. The molecular formula is C19H14Cl2N4O3. The van der Waals surface area contributed by atoms with Crippen LogP contribution >= 0.6 is 23.2 Å². The Kier molecular flexibility index (Phi) is 4.78. The van der Waals surface area contributed by atoms with Gasteiger partial charge in [0.1, 0.15) is 0 Å². The molecule has 9 heteroatoms. The Morgan fingerprint density at radius 3 is 2.64 bits per heavy atom. The molecule has 1 aliphatic heterocycles. The van der Waals surface area contributed by atoms with E-state index < -0.39 is 4.92 Å². The molecule has 0 saturated heterocycles. The van der Waals surface area contributed by atoms with Crippen LogP contribution in [0.2, 0.25) is 10.0 Å². The summed E-state index contributed by atoms with van der Waals surface area (Å²) in [6.07, 6.45) is 0.605. The van der Waals surface area contributed by atoms with Gasteiger partial charge in [-0.1, -0.05) is 35.3 Å². The van der Waals surface area contributed by atoms with Crippen LogP contribution in [0.5, 0.6) is 0 Å². The van der Waals surface area contributed by atoms with E-state index in [0.29, 0.717) is 24.5 Å². The smallest absolute Gasteiger partial charge is 0.270 e. The number of aromatic nitrogens is 2. The zero-order valence-electron chi connectivity index (χ0n) is 14.5. The first-order valence-corrected chi connectivity index (χ1v) is 9.25.